The van der Waals surface area contributed by atoms with E-state index in [0.29, 0.717) is 18.7 Å². The predicted molar refractivity (Wildman–Crippen MR) is 76.3 cm³/mol. The average molecular weight is 313 g/mol. The molecule has 98 valence electrons. The van der Waals surface area contributed by atoms with Crippen LogP contribution in [-0.4, -0.2) is 19.1 Å². The van der Waals surface area contributed by atoms with Crippen LogP contribution in [0.4, 0.5) is 5.69 Å². The molecule has 0 bridgehead atoms. The molecule has 0 aromatic heterocycles. The molecule has 0 saturated heterocycles. The zero-order valence-electron chi connectivity index (χ0n) is 10.3. The molecule has 1 aromatic carbocycles. The van der Waals surface area contributed by atoms with Crippen molar-refractivity contribution in [3.05, 3.63) is 40.9 Å². The minimum absolute atomic E-state index is 0.231. The summed E-state index contributed by atoms with van der Waals surface area (Å²) in [6.07, 6.45) is 2.07. The smallest absolute Gasteiger partial charge is 0.241 e. The fraction of sp³-hybridized carbons (Fsp3) is 0.308. The van der Waals surface area contributed by atoms with Gasteiger partial charge in [0.25, 0.3) is 0 Å². The van der Waals surface area contributed by atoms with Crippen molar-refractivity contribution in [3.63, 3.8) is 0 Å². The van der Waals surface area contributed by atoms with Gasteiger partial charge in [0.05, 0.1) is 12.6 Å². The summed E-state index contributed by atoms with van der Waals surface area (Å²) in [5.74, 6) is -0.231. The van der Waals surface area contributed by atoms with E-state index >= 15 is 0 Å². The van der Waals surface area contributed by atoms with Gasteiger partial charge in [-0.1, -0.05) is 28.1 Å². The second kappa shape index (κ2) is 7.31. The van der Waals surface area contributed by atoms with Crippen LogP contribution in [0.5, 0.6) is 0 Å². The summed E-state index contributed by atoms with van der Waals surface area (Å²) in [7, 11) is 1.61. The first-order valence-electron chi connectivity index (χ1n) is 5.53. The topological polar surface area (TPSA) is 64.4 Å². The van der Waals surface area contributed by atoms with Gasteiger partial charge >= 0.3 is 0 Å². The van der Waals surface area contributed by atoms with Gasteiger partial charge in [0.15, 0.2) is 0 Å². The Kier molecular flexibility index (Phi) is 6.04. The number of hydrogen-bond acceptors (Lipinski definition) is 3. The second-order valence-electron chi connectivity index (χ2n) is 3.82. The number of benzene rings is 1. The molecule has 0 radical (unpaired) electrons. The van der Waals surface area contributed by atoms with Crippen molar-refractivity contribution in [1.82, 2.24) is 0 Å². The fourth-order valence-electron chi connectivity index (χ4n) is 1.48. The molecule has 0 aliphatic rings. The van der Waals surface area contributed by atoms with Gasteiger partial charge in [0.2, 0.25) is 5.91 Å². The number of carbonyl (C=O) groups is 1. The Morgan fingerprint density at radius 3 is 3.00 bits per heavy atom. The summed E-state index contributed by atoms with van der Waals surface area (Å²) >= 11 is 3.43. The number of methoxy groups -OCH3 is 1. The number of carbonyl (C=O) groups excluding carboxylic acids is 1. The summed E-state index contributed by atoms with van der Waals surface area (Å²) < 4.78 is 6.00. The van der Waals surface area contributed by atoms with Crippen molar-refractivity contribution in [3.8, 4) is 0 Å². The Morgan fingerprint density at radius 2 is 2.39 bits per heavy atom. The van der Waals surface area contributed by atoms with E-state index in [1.807, 2.05) is 18.2 Å². The van der Waals surface area contributed by atoms with Gasteiger partial charge in [-0.2, -0.15) is 0 Å². The zero-order valence-corrected chi connectivity index (χ0v) is 11.9. The summed E-state index contributed by atoms with van der Waals surface area (Å²) in [6.45, 7) is 3.97. The third-order valence-corrected chi connectivity index (χ3v) is 3.17. The van der Waals surface area contributed by atoms with E-state index < -0.39 is 6.04 Å². The summed E-state index contributed by atoms with van der Waals surface area (Å²) in [4.78, 5) is 11.8. The number of nitrogens with one attached hydrogen (secondary N) is 1. The first-order chi connectivity index (χ1) is 8.60. The molecule has 0 aliphatic carbocycles. The molecule has 0 spiro atoms. The van der Waals surface area contributed by atoms with Gasteiger partial charge < -0.3 is 15.8 Å². The Morgan fingerprint density at radius 1 is 1.67 bits per heavy atom. The van der Waals surface area contributed by atoms with E-state index in [1.54, 1.807) is 13.2 Å². The molecule has 3 N–H and O–H groups in total. The van der Waals surface area contributed by atoms with Crippen LogP contribution in [0, 0.1) is 0 Å². The SMILES string of the molecule is C=CCC(N)C(=O)Nc1cccc(Br)c1COC. The van der Waals surface area contributed by atoms with E-state index in [2.05, 4.69) is 27.8 Å². The quantitative estimate of drug-likeness (QED) is 0.793. The molecule has 0 saturated carbocycles. The molecule has 5 heteroatoms. The second-order valence-corrected chi connectivity index (χ2v) is 4.67. The summed E-state index contributed by atoms with van der Waals surface area (Å²) in [5.41, 5.74) is 7.30. The first kappa shape index (κ1) is 14.9. The van der Waals surface area contributed by atoms with Crippen molar-refractivity contribution >= 4 is 27.5 Å². The molecule has 0 fully saturated rings. The van der Waals surface area contributed by atoms with Crippen molar-refractivity contribution in [2.24, 2.45) is 5.73 Å². The van der Waals surface area contributed by atoms with Crippen LogP contribution < -0.4 is 11.1 Å². The monoisotopic (exact) mass is 312 g/mol. The number of amides is 1. The van der Waals surface area contributed by atoms with E-state index in [-0.39, 0.29) is 5.91 Å². The minimum atomic E-state index is -0.586. The van der Waals surface area contributed by atoms with Crippen molar-refractivity contribution in [1.29, 1.82) is 0 Å². The Balaban J connectivity index is 2.86. The molecule has 0 aliphatic heterocycles. The number of hydrogen-bond donors (Lipinski definition) is 2. The third-order valence-electron chi connectivity index (χ3n) is 2.42. The molecule has 4 nitrogen and oxygen atoms in total. The molecule has 1 amide bonds. The van der Waals surface area contributed by atoms with Crippen LogP contribution >= 0.6 is 15.9 Å². The fourth-order valence-corrected chi connectivity index (χ4v) is 1.96. The van der Waals surface area contributed by atoms with Gasteiger partial charge in [-0.25, -0.2) is 0 Å². The largest absolute Gasteiger partial charge is 0.380 e. The van der Waals surface area contributed by atoms with E-state index in [4.69, 9.17) is 10.5 Å². The van der Waals surface area contributed by atoms with Gasteiger partial charge in [-0.05, 0) is 18.6 Å². The normalized spacial score (nSPS) is 11.9. The standard InChI is InChI=1S/C13H17BrN2O2/c1-3-5-11(15)13(17)16-12-7-4-6-10(14)9(12)8-18-2/h3-4,6-7,11H,1,5,8,15H2,2H3,(H,16,17). The third kappa shape index (κ3) is 3.94. The lowest BCUT2D eigenvalue weighted by atomic mass is 10.1. The van der Waals surface area contributed by atoms with Crippen LogP contribution in [0.1, 0.15) is 12.0 Å². The van der Waals surface area contributed by atoms with Crippen LogP contribution in [0.2, 0.25) is 0 Å². The van der Waals surface area contributed by atoms with Crippen LogP contribution in [0.15, 0.2) is 35.3 Å². The Labute approximate surface area is 115 Å². The Hall–Kier alpha value is -1.17. The number of nitrogens with two attached hydrogens (primary N) is 1. The maximum Gasteiger partial charge on any atom is 0.241 e. The van der Waals surface area contributed by atoms with Crippen LogP contribution in [0.25, 0.3) is 0 Å². The highest BCUT2D eigenvalue weighted by molar-refractivity contribution is 9.10. The summed E-state index contributed by atoms with van der Waals surface area (Å²) in [5, 5.41) is 2.80. The van der Waals surface area contributed by atoms with Crippen molar-refractivity contribution in [2.75, 3.05) is 12.4 Å². The lowest BCUT2D eigenvalue weighted by Crippen LogP contribution is -2.35. The van der Waals surface area contributed by atoms with E-state index in [0.717, 1.165) is 10.0 Å². The van der Waals surface area contributed by atoms with Gasteiger partial charge in [-0.15, -0.1) is 6.58 Å². The van der Waals surface area contributed by atoms with Crippen molar-refractivity contribution in [2.45, 2.75) is 19.1 Å². The van der Waals surface area contributed by atoms with Gasteiger partial charge in [-0.3, -0.25) is 4.79 Å². The minimum Gasteiger partial charge on any atom is -0.380 e. The van der Waals surface area contributed by atoms with Crippen LogP contribution in [-0.2, 0) is 16.1 Å². The molecule has 1 rings (SSSR count). The number of ether oxygens (including phenoxy) is 1. The predicted octanol–water partition coefficient (Wildman–Crippen LogP) is 2.44. The molecule has 1 atom stereocenters. The first-order valence-corrected chi connectivity index (χ1v) is 6.33. The van der Waals surface area contributed by atoms with Gasteiger partial charge in [0.1, 0.15) is 0 Å². The molecule has 0 heterocycles. The molecule has 18 heavy (non-hydrogen) atoms. The maximum absolute atomic E-state index is 11.8. The van der Waals surface area contributed by atoms with Crippen LogP contribution in [0.3, 0.4) is 0 Å². The molecular weight excluding hydrogens is 296 g/mol. The van der Waals surface area contributed by atoms with Gasteiger partial charge in [0, 0.05) is 22.8 Å². The maximum atomic E-state index is 11.8. The summed E-state index contributed by atoms with van der Waals surface area (Å²) in [6, 6.07) is 4.97. The lowest BCUT2D eigenvalue weighted by Gasteiger charge is -2.14. The Bertz CT molecular complexity index is 435. The van der Waals surface area contributed by atoms with E-state index in [1.165, 1.54) is 0 Å². The molecule has 1 unspecified atom stereocenters. The lowest BCUT2D eigenvalue weighted by molar-refractivity contribution is -0.117. The van der Waals surface area contributed by atoms with E-state index in [9.17, 15) is 4.79 Å². The highest BCUT2D eigenvalue weighted by Gasteiger charge is 2.14. The average Bonchev–Trinajstić information content (AvgIpc) is 2.34. The zero-order chi connectivity index (χ0) is 13.5. The number of rotatable bonds is 6. The highest BCUT2D eigenvalue weighted by atomic mass is 79.9. The van der Waals surface area contributed by atoms with Crippen molar-refractivity contribution < 1.29 is 9.53 Å². The number of halogens is 1. The molecular formula is C13H17BrN2O2. The highest BCUT2D eigenvalue weighted by Crippen LogP contribution is 2.25. The number of anilines is 1. The molecule has 1 aromatic rings.